The number of thiazole rings is 1. The zero-order valence-electron chi connectivity index (χ0n) is 9.67. The van der Waals surface area contributed by atoms with Gasteiger partial charge < -0.3 is 16.4 Å². The molecule has 5 nitrogen and oxygen atoms in total. The topological polar surface area (TPSA) is 80.0 Å². The van der Waals surface area contributed by atoms with E-state index >= 15 is 0 Å². The number of nitrogens with zero attached hydrogens (tertiary/aromatic N) is 1. The van der Waals surface area contributed by atoms with Crippen LogP contribution in [0.3, 0.4) is 0 Å². The second-order valence-electron chi connectivity index (χ2n) is 3.45. The summed E-state index contributed by atoms with van der Waals surface area (Å²) in [7, 11) is 1.75. The average molecular weight is 242 g/mol. The third-order valence-electron chi connectivity index (χ3n) is 2.14. The molecule has 0 aliphatic carbocycles. The summed E-state index contributed by atoms with van der Waals surface area (Å²) < 4.78 is 0. The lowest BCUT2D eigenvalue weighted by atomic mass is 10.2. The molecule has 0 atom stereocenters. The molecule has 1 aromatic rings. The summed E-state index contributed by atoms with van der Waals surface area (Å²) in [5.41, 5.74) is 5.65. The van der Waals surface area contributed by atoms with Crippen molar-refractivity contribution in [2.24, 2.45) is 0 Å². The Morgan fingerprint density at radius 2 is 2.25 bits per heavy atom. The van der Waals surface area contributed by atoms with Crippen LogP contribution in [-0.4, -0.2) is 24.5 Å². The highest BCUT2D eigenvalue weighted by molar-refractivity contribution is 7.18. The van der Waals surface area contributed by atoms with Crippen LogP contribution in [0.2, 0.25) is 0 Å². The summed E-state index contributed by atoms with van der Waals surface area (Å²) in [5.74, 6) is 0.162. The highest BCUT2D eigenvalue weighted by Gasteiger charge is 2.14. The number of nitrogens with two attached hydrogens (primary N) is 1. The number of aromatic nitrogens is 1. The highest BCUT2D eigenvalue weighted by atomic mass is 32.1. The van der Waals surface area contributed by atoms with Crippen molar-refractivity contribution in [3.05, 3.63) is 4.88 Å². The molecule has 6 heteroatoms. The minimum absolute atomic E-state index is 0.132. The maximum Gasteiger partial charge on any atom is 0.265 e. The lowest BCUT2D eigenvalue weighted by molar-refractivity contribution is 0.0957. The summed E-state index contributed by atoms with van der Waals surface area (Å²) >= 11 is 1.27. The molecular formula is C10H18N4OS. The second kappa shape index (κ2) is 6.32. The Kier molecular flexibility index (Phi) is 5.04. The van der Waals surface area contributed by atoms with Gasteiger partial charge in [0.15, 0.2) is 5.13 Å². The van der Waals surface area contributed by atoms with Crippen LogP contribution in [0.25, 0.3) is 0 Å². The summed E-state index contributed by atoms with van der Waals surface area (Å²) in [6.45, 7) is 2.82. The normalized spacial score (nSPS) is 10.1. The maximum absolute atomic E-state index is 11.7. The van der Waals surface area contributed by atoms with Gasteiger partial charge in [-0.05, 0) is 6.42 Å². The molecule has 0 saturated heterocycles. The van der Waals surface area contributed by atoms with E-state index in [0.717, 1.165) is 19.3 Å². The van der Waals surface area contributed by atoms with E-state index in [1.165, 1.54) is 11.3 Å². The Labute approximate surface area is 99.4 Å². The zero-order chi connectivity index (χ0) is 12.0. The van der Waals surface area contributed by atoms with E-state index in [-0.39, 0.29) is 5.91 Å². The van der Waals surface area contributed by atoms with Crippen molar-refractivity contribution in [2.75, 3.05) is 24.6 Å². The molecule has 4 N–H and O–H groups in total. The summed E-state index contributed by atoms with van der Waals surface area (Å²) in [4.78, 5) is 16.2. The molecule has 1 aromatic heterocycles. The van der Waals surface area contributed by atoms with Crippen molar-refractivity contribution in [3.8, 4) is 0 Å². The number of rotatable bonds is 6. The number of hydrogen-bond acceptors (Lipinski definition) is 5. The number of nitrogen functional groups attached to an aromatic ring is 1. The molecular weight excluding hydrogens is 224 g/mol. The Bertz CT molecular complexity index is 351. The lowest BCUT2D eigenvalue weighted by Crippen LogP contribution is -2.24. The minimum atomic E-state index is -0.132. The first-order valence-electron chi connectivity index (χ1n) is 5.41. The van der Waals surface area contributed by atoms with Crippen LogP contribution < -0.4 is 16.4 Å². The van der Waals surface area contributed by atoms with Crippen LogP contribution >= 0.6 is 11.3 Å². The standard InChI is InChI=1S/C10H18N4OS/c1-3-4-5-6-13-9(15)7-8(11)14-10(12-2)16-7/h3-6,11H2,1-2H3,(H,12,14)(H,13,15). The molecule has 1 rings (SSSR count). The fraction of sp³-hybridized carbons (Fsp3) is 0.600. The smallest absolute Gasteiger partial charge is 0.265 e. The SMILES string of the molecule is CCCCCNC(=O)c1sc(NC)nc1N. The fourth-order valence-electron chi connectivity index (χ4n) is 1.26. The van der Waals surface area contributed by atoms with Crippen molar-refractivity contribution in [3.63, 3.8) is 0 Å². The Morgan fingerprint density at radius 1 is 1.50 bits per heavy atom. The molecule has 16 heavy (non-hydrogen) atoms. The number of hydrogen-bond donors (Lipinski definition) is 3. The Balaban J connectivity index is 2.49. The van der Waals surface area contributed by atoms with Crippen molar-refractivity contribution in [1.29, 1.82) is 0 Å². The molecule has 0 unspecified atom stereocenters. The summed E-state index contributed by atoms with van der Waals surface area (Å²) in [6, 6.07) is 0. The van der Waals surface area contributed by atoms with Crippen LogP contribution in [0.15, 0.2) is 0 Å². The molecule has 1 heterocycles. The number of unbranched alkanes of at least 4 members (excludes halogenated alkanes) is 2. The van der Waals surface area contributed by atoms with Gasteiger partial charge in [-0.1, -0.05) is 31.1 Å². The Hall–Kier alpha value is -1.30. The third-order valence-corrected chi connectivity index (χ3v) is 3.23. The minimum Gasteiger partial charge on any atom is -0.382 e. The molecule has 0 aliphatic heterocycles. The summed E-state index contributed by atoms with van der Waals surface area (Å²) in [5, 5.41) is 6.37. The first-order chi connectivity index (χ1) is 7.69. The number of carbonyl (C=O) groups is 1. The van der Waals surface area contributed by atoms with E-state index in [1.54, 1.807) is 7.05 Å². The predicted molar refractivity (Wildman–Crippen MR) is 67.9 cm³/mol. The first-order valence-corrected chi connectivity index (χ1v) is 6.23. The van der Waals surface area contributed by atoms with Crippen LogP contribution in [0.1, 0.15) is 35.9 Å². The van der Waals surface area contributed by atoms with Gasteiger partial charge in [-0.25, -0.2) is 4.98 Å². The van der Waals surface area contributed by atoms with Gasteiger partial charge in [-0.3, -0.25) is 4.79 Å². The Morgan fingerprint density at radius 3 is 2.81 bits per heavy atom. The number of anilines is 2. The third kappa shape index (κ3) is 3.37. The first kappa shape index (κ1) is 12.8. The molecule has 0 spiro atoms. The largest absolute Gasteiger partial charge is 0.382 e. The van der Waals surface area contributed by atoms with Gasteiger partial charge in [0.2, 0.25) is 0 Å². The molecule has 0 saturated carbocycles. The number of amides is 1. The maximum atomic E-state index is 11.7. The van der Waals surface area contributed by atoms with Crippen molar-refractivity contribution >= 4 is 28.2 Å². The fourth-order valence-corrected chi connectivity index (χ4v) is 2.01. The van der Waals surface area contributed by atoms with E-state index in [1.807, 2.05) is 0 Å². The van der Waals surface area contributed by atoms with Crippen LogP contribution in [0, 0.1) is 0 Å². The average Bonchev–Trinajstić information content (AvgIpc) is 2.66. The van der Waals surface area contributed by atoms with Crippen LogP contribution in [0.5, 0.6) is 0 Å². The molecule has 0 aliphatic rings. The van der Waals surface area contributed by atoms with E-state index in [9.17, 15) is 4.79 Å². The molecule has 90 valence electrons. The molecule has 0 bridgehead atoms. The van der Waals surface area contributed by atoms with E-state index in [4.69, 9.17) is 5.73 Å². The van der Waals surface area contributed by atoms with Gasteiger partial charge in [0.1, 0.15) is 10.7 Å². The number of carbonyl (C=O) groups excluding carboxylic acids is 1. The van der Waals surface area contributed by atoms with Gasteiger partial charge in [-0.2, -0.15) is 0 Å². The van der Waals surface area contributed by atoms with E-state index in [0.29, 0.717) is 22.4 Å². The van der Waals surface area contributed by atoms with Crippen LogP contribution in [-0.2, 0) is 0 Å². The zero-order valence-corrected chi connectivity index (χ0v) is 10.5. The highest BCUT2D eigenvalue weighted by Crippen LogP contribution is 2.24. The van der Waals surface area contributed by atoms with Gasteiger partial charge in [0.05, 0.1) is 0 Å². The number of nitrogens with one attached hydrogen (secondary N) is 2. The van der Waals surface area contributed by atoms with Crippen molar-refractivity contribution in [2.45, 2.75) is 26.2 Å². The van der Waals surface area contributed by atoms with Gasteiger partial charge in [-0.15, -0.1) is 0 Å². The van der Waals surface area contributed by atoms with E-state index < -0.39 is 0 Å². The van der Waals surface area contributed by atoms with E-state index in [2.05, 4.69) is 22.5 Å². The summed E-state index contributed by atoms with van der Waals surface area (Å²) in [6.07, 6.45) is 3.27. The quantitative estimate of drug-likeness (QED) is 0.663. The van der Waals surface area contributed by atoms with Crippen molar-refractivity contribution in [1.82, 2.24) is 10.3 Å². The lowest BCUT2D eigenvalue weighted by Gasteiger charge is -2.02. The second-order valence-corrected chi connectivity index (χ2v) is 4.45. The molecule has 0 radical (unpaired) electrons. The predicted octanol–water partition coefficient (Wildman–Crippen LogP) is 1.69. The van der Waals surface area contributed by atoms with Gasteiger partial charge in [0, 0.05) is 13.6 Å². The van der Waals surface area contributed by atoms with Crippen LogP contribution in [0.4, 0.5) is 10.9 Å². The van der Waals surface area contributed by atoms with Crippen molar-refractivity contribution < 1.29 is 4.79 Å². The monoisotopic (exact) mass is 242 g/mol. The molecule has 1 amide bonds. The van der Waals surface area contributed by atoms with Gasteiger partial charge >= 0.3 is 0 Å². The van der Waals surface area contributed by atoms with Gasteiger partial charge in [0.25, 0.3) is 5.91 Å². The molecule has 0 fully saturated rings. The molecule has 0 aromatic carbocycles.